The van der Waals surface area contributed by atoms with Gasteiger partial charge in [0.1, 0.15) is 0 Å². The second-order valence-corrected chi connectivity index (χ2v) is 7.75. The van der Waals surface area contributed by atoms with E-state index in [1.165, 1.54) is 11.8 Å². The molecule has 0 saturated carbocycles. The fourth-order valence-corrected chi connectivity index (χ4v) is 3.50. The summed E-state index contributed by atoms with van der Waals surface area (Å²) in [6, 6.07) is 15.5. The largest absolute Gasteiger partial charge is 0.349 e. The third-order valence-corrected chi connectivity index (χ3v) is 5.27. The molecule has 3 aromatic rings. The first-order valence-corrected chi connectivity index (χ1v) is 10.5. The molecule has 7 heteroatoms. The van der Waals surface area contributed by atoms with Gasteiger partial charge in [-0.3, -0.25) is 9.59 Å². The molecule has 0 aliphatic carbocycles. The second kappa shape index (κ2) is 9.93. The molecule has 0 saturated heterocycles. The van der Waals surface area contributed by atoms with E-state index in [0.29, 0.717) is 0 Å². The SMILES string of the molecule is Cc1cccc(NC(=O)CSCC(=O)NC(C)c2ccc(-n3ccnc3)cc2)c1. The van der Waals surface area contributed by atoms with Crippen LogP contribution >= 0.6 is 11.8 Å². The Morgan fingerprint density at radius 1 is 1.10 bits per heavy atom. The van der Waals surface area contributed by atoms with Crippen LogP contribution in [0.1, 0.15) is 24.1 Å². The summed E-state index contributed by atoms with van der Waals surface area (Å²) in [5.41, 5.74) is 3.89. The Labute approximate surface area is 174 Å². The molecule has 0 radical (unpaired) electrons. The van der Waals surface area contributed by atoms with E-state index < -0.39 is 0 Å². The van der Waals surface area contributed by atoms with Gasteiger partial charge in [-0.1, -0.05) is 24.3 Å². The van der Waals surface area contributed by atoms with E-state index in [1.807, 2.05) is 73.1 Å². The maximum atomic E-state index is 12.2. The molecule has 0 aliphatic rings. The van der Waals surface area contributed by atoms with Crippen LogP contribution in [0.3, 0.4) is 0 Å². The van der Waals surface area contributed by atoms with E-state index in [1.54, 1.807) is 12.5 Å². The van der Waals surface area contributed by atoms with Crippen LogP contribution in [0.5, 0.6) is 0 Å². The summed E-state index contributed by atoms with van der Waals surface area (Å²) >= 11 is 1.30. The molecule has 29 heavy (non-hydrogen) atoms. The van der Waals surface area contributed by atoms with E-state index in [4.69, 9.17) is 0 Å². The molecule has 1 unspecified atom stereocenters. The average Bonchev–Trinajstić information content (AvgIpc) is 3.23. The highest BCUT2D eigenvalue weighted by molar-refractivity contribution is 8.00. The molecule has 1 aromatic heterocycles. The van der Waals surface area contributed by atoms with Crippen molar-refractivity contribution in [3.8, 4) is 5.69 Å². The maximum Gasteiger partial charge on any atom is 0.234 e. The van der Waals surface area contributed by atoms with Gasteiger partial charge in [-0.25, -0.2) is 4.98 Å². The predicted molar refractivity (Wildman–Crippen MR) is 117 cm³/mol. The number of aromatic nitrogens is 2. The number of carbonyl (C=O) groups excluding carboxylic acids is 2. The van der Waals surface area contributed by atoms with Crippen molar-refractivity contribution in [3.63, 3.8) is 0 Å². The summed E-state index contributed by atoms with van der Waals surface area (Å²) in [4.78, 5) is 28.2. The van der Waals surface area contributed by atoms with Crippen LogP contribution in [-0.2, 0) is 9.59 Å². The lowest BCUT2D eigenvalue weighted by Crippen LogP contribution is -2.28. The van der Waals surface area contributed by atoms with Gasteiger partial charge in [0.2, 0.25) is 11.8 Å². The van der Waals surface area contributed by atoms with Gasteiger partial charge in [0.25, 0.3) is 0 Å². The normalized spacial score (nSPS) is 11.7. The number of rotatable bonds is 8. The minimum absolute atomic E-state index is 0.0930. The molecule has 0 bridgehead atoms. The number of nitrogens with zero attached hydrogens (tertiary/aromatic N) is 2. The number of hydrogen-bond donors (Lipinski definition) is 2. The zero-order valence-corrected chi connectivity index (χ0v) is 17.3. The second-order valence-electron chi connectivity index (χ2n) is 6.76. The molecule has 1 heterocycles. The Balaban J connectivity index is 1.41. The molecule has 2 N–H and O–H groups in total. The van der Waals surface area contributed by atoms with E-state index in [0.717, 1.165) is 22.5 Å². The zero-order chi connectivity index (χ0) is 20.6. The van der Waals surface area contributed by atoms with Crippen molar-refractivity contribution in [1.29, 1.82) is 0 Å². The first-order chi connectivity index (χ1) is 14.0. The molecule has 2 aromatic carbocycles. The van der Waals surface area contributed by atoms with Gasteiger partial charge in [0.15, 0.2) is 0 Å². The van der Waals surface area contributed by atoms with Crippen molar-refractivity contribution in [2.45, 2.75) is 19.9 Å². The summed E-state index contributed by atoms with van der Waals surface area (Å²) in [6.07, 6.45) is 5.36. The number of thioether (sulfide) groups is 1. The first-order valence-electron chi connectivity index (χ1n) is 9.33. The Morgan fingerprint density at radius 2 is 1.86 bits per heavy atom. The van der Waals surface area contributed by atoms with E-state index in [9.17, 15) is 9.59 Å². The van der Waals surface area contributed by atoms with Crippen LogP contribution in [0, 0.1) is 6.92 Å². The highest BCUT2D eigenvalue weighted by atomic mass is 32.2. The number of aryl methyl sites for hydroxylation is 1. The van der Waals surface area contributed by atoms with Crippen molar-refractivity contribution < 1.29 is 9.59 Å². The van der Waals surface area contributed by atoms with Gasteiger partial charge in [-0.05, 0) is 49.2 Å². The molecule has 0 aliphatic heterocycles. The molecule has 150 valence electrons. The van der Waals surface area contributed by atoms with Gasteiger partial charge in [-0.15, -0.1) is 11.8 Å². The van der Waals surface area contributed by atoms with Gasteiger partial charge < -0.3 is 15.2 Å². The lowest BCUT2D eigenvalue weighted by Gasteiger charge is -2.15. The fraction of sp³-hybridized carbons (Fsp3) is 0.227. The Bertz CT molecular complexity index is 955. The number of nitrogens with one attached hydrogen (secondary N) is 2. The van der Waals surface area contributed by atoms with Gasteiger partial charge in [-0.2, -0.15) is 0 Å². The third kappa shape index (κ3) is 6.22. The standard InChI is InChI=1S/C22H24N4O2S/c1-16-4-3-5-19(12-16)25-22(28)14-29-13-21(27)24-17(2)18-6-8-20(9-7-18)26-11-10-23-15-26/h3-12,15,17H,13-14H2,1-2H3,(H,24,27)(H,25,28). The summed E-state index contributed by atoms with van der Waals surface area (Å²) in [5.74, 6) is 0.259. The van der Waals surface area contributed by atoms with Gasteiger partial charge in [0.05, 0.1) is 23.9 Å². The molecular weight excluding hydrogens is 384 g/mol. The monoisotopic (exact) mass is 408 g/mol. The first kappa shape index (κ1) is 20.7. The molecule has 2 amide bonds. The van der Waals surface area contributed by atoms with Crippen LogP contribution in [-0.4, -0.2) is 32.9 Å². The highest BCUT2D eigenvalue weighted by Crippen LogP contribution is 2.16. The Hall–Kier alpha value is -3.06. The minimum atomic E-state index is -0.114. The van der Waals surface area contributed by atoms with Crippen LogP contribution in [0.2, 0.25) is 0 Å². The lowest BCUT2D eigenvalue weighted by molar-refractivity contribution is -0.119. The molecular formula is C22H24N4O2S. The van der Waals surface area contributed by atoms with E-state index in [2.05, 4.69) is 15.6 Å². The predicted octanol–water partition coefficient (Wildman–Crippen LogP) is 3.73. The van der Waals surface area contributed by atoms with Crippen molar-refractivity contribution in [2.75, 3.05) is 16.8 Å². The Kier molecular flexibility index (Phi) is 7.08. The fourth-order valence-electron chi connectivity index (χ4n) is 2.87. The summed E-state index contributed by atoms with van der Waals surface area (Å²) in [7, 11) is 0. The number of amides is 2. The van der Waals surface area contributed by atoms with E-state index in [-0.39, 0.29) is 29.4 Å². The summed E-state index contributed by atoms with van der Waals surface area (Å²) < 4.78 is 1.92. The van der Waals surface area contributed by atoms with Crippen molar-refractivity contribution >= 4 is 29.3 Å². The average molecular weight is 409 g/mol. The lowest BCUT2D eigenvalue weighted by atomic mass is 10.1. The highest BCUT2D eigenvalue weighted by Gasteiger charge is 2.11. The molecule has 1 atom stereocenters. The zero-order valence-electron chi connectivity index (χ0n) is 16.5. The summed E-state index contributed by atoms with van der Waals surface area (Å²) in [5, 5.41) is 5.81. The topological polar surface area (TPSA) is 76.0 Å². The molecule has 0 fully saturated rings. The molecule has 0 spiro atoms. The van der Waals surface area contributed by atoms with Crippen LogP contribution in [0.25, 0.3) is 5.69 Å². The van der Waals surface area contributed by atoms with Crippen molar-refractivity contribution in [2.24, 2.45) is 0 Å². The number of benzene rings is 2. The quantitative estimate of drug-likeness (QED) is 0.595. The smallest absolute Gasteiger partial charge is 0.234 e. The number of imidazole rings is 1. The maximum absolute atomic E-state index is 12.2. The van der Waals surface area contributed by atoms with E-state index >= 15 is 0 Å². The molecule has 3 rings (SSSR count). The van der Waals surface area contributed by atoms with Gasteiger partial charge in [0, 0.05) is 23.8 Å². The van der Waals surface area contributed by atoms with Crippen LogP contribution < -0.4 is 10.6 Å². The third-order valence-electron chi connectivity index (χ3n) is 4.34. The van der Waals surface area contributed by atoms with Crippen LogP contribution in [0.15, 0.2) is 67.3 Å². The number of carbonyl (C=O) groups is 2. The van der Waals surface area contributed by atoms with Crippen LogP contribution in [0.4, 0.5) is 5.69 Å². The van der Waals surface area contributed by atoms with Crippen molar-refractivity contribution in [1.82, 2.24) is 14.9 Å². The minimum Gasteiger partial charge on any atom is -0.349 e. The van der Waals surface area contributed by atoms with Crippen molar-refractivity contribution in [3.05, 3.63) is 78.4 Å². The Morgan fingerprint density at radius 3 is 2.55 bits per heavy atom. The molecule has 6 nitrogen and oxygen atoms in total. The number of anilines is 1. The number of hydrogen-bond acceptors (Lipinski definition) is 4. The van der Waals surface area contributed by atoms with Gasteiger partial charge >= 0.3 is 0 Å². The summed E-state index contributed by atoms with van der Waals surface area (Å²) in [6.45, 7) is 3.92.